The SMILES string of the molecule is Cc1cccc(CN(C(=O)COc2ccccc2C(C)C)[C@H](Cc2ccccc2)C(=O)NC2CCCC2)c1. The lowest BCUT2D eigenvalue weighted by Crippen LogP contribution is -2.53. The molecule has 1 saturated carbocycles. The minimum absolute atomic E-state index is 0.0932. The summed E-state index contributed by atoms with van der Waals surface area (Å²) in [6.45, 7) is 6.47. The van der Waals surface area contributed by atoms with Crippen LogP contribution in [0, 0.1) is 6.92 Å². The Morgan fingerprint density at radius 1 is 0.921 bits per heavy atom. The number of aryl methyl sites for hydroxylation is 1. The summed E-state index contributed by atoms with van der Waals surface area (Å²) < 4.78 is 6.09. The van der Waals surface area contributed by atoms with Crippen LogP contribution in [-0.2, 0) is 22.6 Å². The van der Waals surface area contributed by atoms with Crippen molar-refractivity contribution in [3.05, 3.63) is 101 Å². The second kappa shape index (κ2) is 13.3. The molecule has 0 aliphatic heterocycles. The van der Waals surface area contributed by atoms with Crippen molar-refractivity contribution in [2.45, 2.75) is 77.4 Å². The van der Waals surface area contributed by atoms with Crippen molar-refractivity contribution in [1.29, 1.82) is 0 Å². The molecule has 5 nitrogen and oxygen atoms in total. The van der Waals surface area contributed by atoms with E-state index in [9.17, 15) is 9.59 Å². The van der Waals surface area contributed by atoms with Gasteiger partial charge < -0.3 is 15.0 Å². The molecule has 200 valence electrons. The molecule has 1 aliphatic carbocycles. The van der Waals surface area contributed by atoms with Crippen LogP contribution in [-0.4, -0.2) is 35.4 Å². The molecule has 4 rings (SSSR count). The van der Waals surface area contributed by atoms with Gasteiger partial charge in [0.05, 0.1) is 0 Å². The van der Waals surface area contributed by atoms with Crippen LogP contribution in [0.2, 0.25) is 0 Å². The number of ether oxygens (including phenoxy) is 1. The van der Waals surface area contributed by atoms with Gasteiger partial charge in [0.15, 0.2) is 6.61 Å². The van der Waals surface area contributed by atoms with E-state index in [0.717, 1.165) is 47.9 Å². The molecular formula is C33H40N2O3. The summed E-state index contributed by atoms with van der Waals surface area (Å²) in [5.41, 5.74) is 4.19. The number of amides is 2. The highest BCUT2D eigenvalue weighted by atomic mass is 16.5. The normalized spacial score (nSPS) is 14.3. The number of carbonyl (C=O) groups is 2. The first-order valence-corrected chi connectivity index (χ1v) is 13.8. The molecule has 1 N–H and O–H groups in total. The van der Waals surface area contributed by atoms with Gasteiger partial charge in [-0.25, -0.2) is 0 Å². The first kappa shape index (κ1) is 27.4. The second-order valence-electron chi connectivity index (χ2n) is 10.7. The quantitative estimate of drug-likeness (QED) is 0.333. The van der Waals surface area contributed by atoms with Crippen LogP contribution in [0.3, 0.4) is 0 Å². The maximum Gasteiger partial charge on any atom is 0.261 e. The van der Waals surface area contributed by atoms with Gasteiger partial charge in [0.1, 0.15) is 11.8 Å². The standard InChI is InChI=1S/C33H40N2O3/c1-24(2)29-18-9-10-19-31(29)38-23-32(36)35(22-27-15-11-12-25(3)20-27)30(21-26-13-5-4-6-14-26)33(37)34-28-16-7-8-17-28/h4-6,9-15,18-20,24,28,30H,7-8,16-17,21-23H2,1-3H3,(H,34,37)/t30-/m1/s1. The molecule has 0 aromatic heterocycles. The number of carbonyl (C=O) groups excluding carboxylic acids is 2. The van der Waals surface area contributed by atoms with Crippen LogP contribution in [0.1, 0.15) is 67.7 Å². The van der Waals surface area contributed by atoms with Crippen molar-refractivity contribution >= 4 is 11.8 Å². The molecule has 1 atom stereocenters. The van der Waals surface area contributed by atoms with E-state index < -0.39 is 6.04 Å². The minimum atomic E-state index is -0.644. The number of hydrogen-bond acceptors (Lipinski definition) is 3. The van der Waals surface area contributed by atoms with E-state index in [1.54, 1.807) is 4.90 Å². The van der Waals surface area contributed by atoms with Crippen molar-refractivity contribution in [3.8, 4) is 5.75 Å². The summed E-state index contributed by atoms with van der Waals surface area (Å²) in [6.07, 6.45) is 4.68. The monoisotopic (exact) mass is 512 g/mol. The lowest BCUT2D eigenvalue weighted by Gasteiger charge is -2.32. The Morgan fingerprint density at radius 3 is 2.32 bits per heavy atom. The van der Waals surface area contributed by atoms with E-state index in [-0.39, 0.29) is 30.4 Å². The Morgan fingerprint density at radius 2 is 1.61 bits per heavy atom. The van der Waals surface area contributed by atoms with Crippen LogP contribution in [0.5, 0.6) is 5.75 Å². The van der Waals surface area contributed by atoms with E-state index in [4.69, 9.17) is 4.74 Å². The molecule has 0 spiro atoms. The van der Waals surface area contributed by atoms with Gasteiger partial charge in [0.25, 0.3) is 5.91 Å². The molecule has 0 radical (unpaired) electrons. The summed E-state index contributed by atoms with van der Waals surface area (Å²) in [7, 11) is 0. The van der Waals surface area contributed by atoms with Gasteiger partial charge in [-0.05, 0) is 48.4 Å². The van der Waals surface area contributed by atoms with Crippen LogP contribution in [0.15, 0.2) is 78.9 Å². The van der Waals surface area contributed by atoms with E-state index >= 15 is 0 Å². The number of benzene rings is 3. The third kappa shape index (κ3) is 7.47. The molecular weight excluding hydrogens is 472 g/mol. The highest BCUT2D eigenvalue weighted by molar-refractivity contribution is 5.88. The van der Waals surface area contributed by atoms with Crippen LogP contribution < -0.4 is 10.1 Å². The summed E-state index contributed by atoms with van der Waals surface area (Å²) in [5, 5.41) is 3.26. The molecule has 0 unspecified atom stereocenters. The third-order valence-electron chi connectivity index (χ3n) is 7.30. The van der Waals surface area contributed by atoms with Gasteiger partial charge in [-0.15, -0.1) is 0 Å². The number of rotatable bonds is 11. The van der Waals surface area contributed by atoms with E-state index in [2.05, 4.69) is 25.2 Å². The molecule has 0 bridgehead atoms. The summed E-state index contributed by atoms with van der Waals surface area (Å²) in [5.74, 6) is 0.686. The zero-order valence-corrected chi connectivity index (χ0v) is 22.9. The Kier molecular flexibility index (Phi) is 9.58. The van der Waals surface area contributed by atoms with Gasteiger partial charge in [-0.1, -0.05) is 105 Å². The molecule has 1 aliphatic rings. The predicted molar refractivity (Wildman–Crippen MR) is 152 cm³/mol. The first-order valence-electron chi connectivity index (χ1n) is 13.8. The van der Waals surface area contributed by atoms with Crippen LogP contribution >= 0.6 is 0 Å². The summed E-state index contributed by atoms with van der Waals surface area (Å²) >= 11 is 0. The number of nitrogens with one attached hydrogen (secondary N) is 1. The Labute approximate surface area is 227 Å². The Balaban J connectivity index is 1.63. The van der Waals surface area contributed by atoms with Crippen molar-refractivity contribution in [2.75, 3.05) is 6.61 Å². The Hall–Kier alpha value is -3.60. The average molecular weight is 513 g/mol. The first-order chi connectivity index (χ1) is 18.4. The number of hydrogen-bond donors (Lipinski definition) is 1. The lowest BCUT2D eigenvalue weighted by atomic mass is 10.0. The molecule has 0 saturated heterocycles. The van der Waals surface area contributed by atoms with Crippen molar-refractivity contribution < 1.29 is 14.3 Å². The summed E-state index contributed by atoms with van der Waals surface area (Å²) in [4.78, 5) is 29.4. The molecule has 38 heavy (non-hydrogen) atoms. The van der Waals surface area contributed by atoms with Crippen LogP contribution in [0.4, 0.5) is 0 Å². The predicted octanol–water partition coefficient (Wildman–Crippen LogP) is 6.20. The fourth-order valence-corrected chi connectivity index (χ4v) is 5.24. The second-order valence-corrected chi connectivity index (χ2v) is 10.7. The van der Waals surface area contributed by atoms with Gasteiger partial charge in [0.2, 0.25) is 5.91 Å². The van der Waals surface area contributed by atoms with E-state index in [0.29, 0.717) is 18.7 Å². The van der Waals surface area contributed by atoms with Crippen molar-refractivity contribution in [2.24, 2.45) is 0 Å². The Bertz CT molecular complexity index is 1200. The highest BCUT2D eigenvalue weighted by Gasteiger charge is 2.32. The van der Waals surface area contributed by atoms with E-state index in [1.807, 2.05) is 79.7 Å². The highest BCUT2D eigenvalue weighted by Crippen LogP contribution is 2.26. The molecule has 5 heteroatoms. The van der Waals surface area contributed by atoms with Crippen LogP contribution in [0.25, 0.3) is 0 Å². The zero-order valence-electron chi connectivity index (χ0n) is 22.9. The van der Waals surface area contributed by atoms with Crippen molar-refractivity contribution in [3.63, 3.8) is 0 Å². The molecule has 2 amide bonds. The fourth-order valence-electron chi connectivity index (χ4n) is 5.24. The van der Waals surface area contributed by atoms with Gasteiger partial charge >= 0.3 is 0 Å². The lowest BCUT2D eigenvalue weighted by molar-refractivity contribution is -0.143. The smallest absolute Gasteiger partial charge is 0.261 e. The molecule has 3 aromatic rings. The molecule has 1 fully saturated rings. The van der Waals surface area contributed by atoms with Crippen molar-refractivity contribution in [1.82, 2.24) is 10.2 Å². The topological polar surface area (TPSA) is 58.6 Å². The van der Waals surface area contributed by atoms with Gasteiger partial charge in [-0.2, -0.15) is 0 Å². The minimum Gasteiger partial charge on any atom is -0.483 e. The maximum atomic E-state index is 13.9. The third-order valence-corrected chi connectivity index (χ3v) is 7.30. The maximum absolute atomic E-state index is 13.9. The summed E-state index contributed by atoms with van der Waals surface area (Å²) in [6, 6.07) is 25.4. The largest absolute Gasteiger partial charge is 0.483 e. The zero-order chi connectivity index (χ0) is 26.9. The van der Waals surface area contributed by atoms with Gasteiger partial charge in [-0.3, -0.25) is 9.59 Å². The molecule has 3 aromatic carbocycles. The molecule has 0 heterocycles. The van der Waals surface area contributed by atoms with Gasteiger partial charge in [0, 0.05) is 19.0 Å². The van der Waals surface area contributed by atoms with E-state index in [1.165, 1.54) is 0 Å². The fraction of sp³-hybridized carbons (Fsp3) is 0.394. The number of para-hydroxylation sites is 1. The average Bonchev–Trinajstić information content (AvgIpc) is 3.43. The number of nitrogens with zero attached hydrogens (tertiary/aromatic N) is 1.